The van der Waals surface area contributed by atoms with Crippen LogP contribution in [0.4, 0.5) is 0 Å². The molecule has 3 nitrogen and oxygen atoms in total. The van der Waals surface area contributed by atoms with E-state index in [1.807, 2.05) is 20.8 Å². The summed E-state index contributed by atoms with van der Waals surface area (Å²) >= 11 is 0. The van der Waals surface area contributed by atoms with Gasteiger partial charge < -0.3 is 16.0 Å². The van der Waals surface area contributed by atoms with E-state index in [0.717, 1.165) is 19.6 Å². The normalized spacial score (nSPS) is 9.09. The van der Waals surface area contributed by atoms with Gasteiger partial charge in [0.25, 0.3) is 0 Å². The van der Waals surface area contributed by atoms with Crippen molar-refractivity contribution in [2.24, 2.45) is 5.41 Å². The van der Waals surface area contributed by atoms with E-state index in [-0.39, 0.29) is 25.8 Å². The minimum absolute atomic E-state index is 0. The van der Waals surface area contributed by atoms with Crippen molar-refractivity contribution in [3.63, 3.8) is 0 Å². The average molecular weight is 488 g/mol. The summed E-state index contributed by atoms with van der Waals surface area (Å²) in [5.74, 6) is 0. The summed E-state index contributed by atoms with van der Waals surface area (Å²) in [4.78, 5) is 0. The van der Waals surface area contributed by atoms with Gasteiger partial charge in [-0.25, -0.2) is 12.1 Å². The predicted octanol–water partition coefficient (Wildman–Crippen LogP) is 6.02. The van der Waals surface area contributed by atoms with Gasteiger partial charge in [-0.3, -0.25) is 0 Å². The van der Waals surface area contributed by atoms with Crippen LogP contribution >= 0.6 is 0 Å². The summed E-state index contributed by atoms with van der Waals surface area (Å²) in [7, 11) is 5.42. The molecular formula is C19H39HfN3. The van der Waals surface area contributed by atoms with Gasteiger partial charge in [0.2, 0.25) is 0 Å². The van der Waals surface area contributed by atoms with Gasteiger partial charge in [0.05, 0.1) is 0 Å². The Morgan fingerprint density at radius 3 is 1.17 bits per heavy atom. The summed E-state index contributed by atoms with van der Waals surface area (Å²) in [5, 5.41) is 11.2. The van der Waals surface area contributed by atoms with E-state index < -0.39 is 0 Å². The van der Waals surface area contributed by atoms with Crippen molar-refractivity contribution in [3.8, 4) is 0 Å². The minimum atomic E-state index is 0. The van der Waals surface area contributed by atoms with Gasteiger partial charge in [-0.1, -0.05) is 48.0 Å². The molecule has 0 saturated carbocycles. The first-order chi connectivity index (χ1) is 10.3. The molecule has 0 atom stereocenters. The fraction of sp³-hybridized carbons (Fsp3) is 0.737. The van der Waals surface area contributed by atoms with Crippen molar-refractivity contribution >= 4 is 0 Å². The van der Waals surface area contributed by atoms with Crippen molar-refractivity contribution < 1.29 is 25.8 Å². The van der Waals surface area contributed by atoms with Crippen molar-refractivity contribution in [2.75, 3.05) is 40.8 Å². The second-order valence-electron chi connectivity index (χ2n) is 5.93. The van der Waals surface area contributed by atoms with Crippen LogP contribution in [0, 0.1) is 5.41 Å². The van der Waals surface area contributed by atoms with Crippen molar-refractivity contribution in [1.29, 1.82) is 0 Å². The summed E-state index contributed by atoms with van der Waals surface area (Å²) < 4.78 is 0. The van der Waals surface area contributed by atoms with Gasteiger partial charge in [0.1, 0.15) is 0 Å². The maximum absolute atomic E-state index is 3.74. The molecule has 1 aromatic carbocycles. The molecule has 0 N–H and O–H groups in total. The molecular weight excluding hydrogens is 449 g/mol. The first-order valence-electron chi connectivity index (χ1n) is 8.20. The Labute approximate surface area is 165 Å². The van der Waals surface area contributed by atoms with Crippen LogP contribution in [0.15, 0.2) is 24.3 Å². The van der Waals surface area contributed by atoms with E-state index in [9.17, 15) is 0 Å². The molecule has 134 valence electrons. The molecule has 0 saturated heterocycles. The van der Waals surface area contributed by atoms with Crippen LogP contribution in [0.25, 0.3) is 16.0 Å². The largest absolute Gasteiger partial charge is 4.00 e. The summed E-state index contributed by atoms with van der Waals surface area (Å²) in [6.45, 7) is 15.7. The summed E-state index contributed by atoms with van der Waals surface area (Å²) in [5.41, 5.74) is 1.88. The third-order valence-corrected chi connectivity index (χ3v) is 2.41. The standard InChI is InChI=1S/C10H15.3C3H8N.Hf/c1-10(2,3)8-9-6-4-5-7-9;3*1-3-4-2;/h4-7H,8H2,1-3H3;3*3H2,1-2H3;/q4*-1;+4. The van der Waals surface area contributed by atoms with Gasteiger partial charge in [-0.15, -0.1) is 0 Å². The van der Waals surface area contributed by atoms with Gasteiger partial charge in [-0.05, 0) is 5.41 Å². The molecule has 1 aromatic rings. The molecule has 0 bridgehead atoms. The SMILES string of the molecule is CC(C)(C)C[c-]1cccc1.CC[N-]C.CC[N-]C.CC[N-]C.[Hf+4]. The fourth-order valence-corrected chi connectivity index (χ4v) is 1.14. The second-order valence-corrected chi connectivity index (χ2v) is 5.93. The quantitative estimate of drug-likeness (QED) is 0.368. The number of hydrogen-bond donors (Lipinski definition) is 0. The third-order valence-electron chi connectivity index (χ3n) is 2.41. The van der Waals surface area contributed by atoms with Gasteiger partial charge in [0.15, 0.2) is 0 Å². The maximum atomic E-state index is 3.74. The van der Waals surface area contributed by atoms with Crippen LogP contribution in [0.5, 0.6) is 0 Å². The van der Waals surface area contributed by atoms with Gasteiger partial charge in [-0.2, -0.15) is 58.5 Å². The van der Waals surface area contributed by atoms with E-state index >= 15 is 0 Å². The van der Waals surface area contributed by atoms with Crippen molar-refractivity contribution in [2.45, 2.75) is 48.0 Å². The number of hydrogen-bond acceptors (Lipinski definition) is 0. The Balaban J connectivity index is -0.000000118. The predicted molar refractivity (Wildman–Crippen MR) is 105 cm³/mol. The molecule has 0 heterocycles. The van der Waals surface area contributed by atoms with Crippen LogP contribution in [0.2, 0.25) is 0 Å². The molecule has 0 aliphatic carbocycles. The molecule has 4 heteroatoms. The fourth-order valence-electron chi connectivity index (χ4n) is 1.14. The van der Waals surface area contributed by atoms with Crippen molar-refractivity contribution in [3.05, 3.63) is 45.8 Å². The zero-order chi connectivity index (χ0) is 17.9. The average Bonchev–Trinajstić information content (AvgIpc) is 2.98. The zero-order valence-corrected chi connectivity index (χ0v) is 20.6. The van der Waals surface area contributed by atoms with Crippen LogP contribution in [-0.4, -0.2) is 40.8 Å². The molecule has 0 radical (unpaired) electrons. The summed E-state index contributed by atoms with van der Waals surface area (Å²) in [6.07, 6.45) is 1.18. The monoisotopic (exact) mass is 489 g/mol. The first-order valence-corrected chi connectivity index (χ1v) is 8.20. The van der Waals surface area contributed by atoms with Crippen LogP contribution in [-0.2, 0) is 32.3 Å². The van der Waals surface area contributed by atoms with E-state index in [4.69, 9.17) is 0 Å². The minimum Gasteiger partial charge on any atom is -0.665 e. The van der Waals surface area contributed by atoms with E-state index in [1.54, 1.807) is 21.1 Å². The Morgan fingerprint density at radius 1 is 0.739 bits per heavy atom. The zero-order valence-electron chi connectivity index (χ0n) is 17.0. The Morgan fingerprint density at radius 2 is 1.00 bits per heavy atom. The van der Waals surface area contributed by atoms with E-state index in [2.05, 4.69) is 61.0 Å². The summed E-state index contributed by atoms with van der Waals surface area (Å²) in [6, 6.07) is 8.57. The van der Waals surface area contributed by atoms with Gasteiger partial charge >= 0.3 is 25.8 Å². The molecule has 0 amide bonds. The Kier molecular flexibility index (Phi) is 32.7. The molecule has 0 aliphatic rings. The maximum Gasteiger partial charge on any atom is 4.00 e. The van der Waals surface area contributed by atoms with Crippen LogP contribution < -0.4 is 0 Å². The Bertz CT molecular complexity index is 251. The molecule has 0 fully saturated rings. The first kappa shape index (κ1) is 30.9. The number of nitrogens with zero attached hydrogens (tertiary/aromatic N) is 3. The molecule has 1 rings (SSSR count). The van der Waals surface area contributed by atoms with E-state index in [1.165, 1.54) is 12.0 Å². The number of rotatable bonds is 4. The topological polar surface area (TPSA) is 42.3 Å². The Hall–Kier alpha value is 0.100. The van der Waals surface area contributed by atoms with Crippen molar-refractivity contribution in [1.82, 2.24) is 0 Å². The molecule has 0 aliphatic heterocycles. The van der Waals surface area contributed by atoms with E-state index in [0.29, 0.717) is 5.41 Å². The smallest absolute Gasteiger partial charge is 0.665 e. The van der Waals surface area contributed by atoms with Crippen LogP contribution in [0.1, 0.15) is 47.1 Å². The third kappa shape index (κ3) is 39.2. The second kappa shape index (κ2) is 24.4. The molecule has 23 heavy (non-hydrogen) atoms. The molecule has 0 spiro atoms. The van der Waals surface area contributed by atoms with Crippen LogP contribution in [0.3, 0.4) is 0 Å². The molecule has 0 unspecified atom stereocenters. The van der Waals surface area contributed by atoms with Gasteiger partial charge in [0, 0.05) is 0 Å². The molecule has 0 aromatic heterocycles.